The largest absolute Gasteiger partial charge is 0.495 e. The normalized spacial score (nSPS) is 10.8. The second-order valence-corrected chi connectivity index (χ2v) is 7.73. The van der Waals surface area contributed by atoms with Crippen LogP contribution in [-0.4, -0.2) is 25.8 Å². The molecule has 0 saturated carbocycles. The monoisotopic (exact) mass is 552 g/mol. The average molecular weight is 555 g/mol. The molecule has 0 aromatic heterocycles. The highest BCUT2D eigenvalue weighted by Gasteiger charge is 2.08. The van der Waals surface area contributed by atoms with E-state index in [1.54, 1.807) is 25.3 Å². The van der Waals surface area contributed by atoms with Crippen molar-refractivity contribution in [3.63, 3.8) is 0 Å². The Balaban J connectivity index is 1.95. The van der Waals surface area contributed by atoms with Crippen molar-refractivity contribution in [2.45, 2.75) is 0 Å². The Labute approximate surface area is 175 Å². The predicted octanol–water partition coefficient (Wildman–Crippen LogP) is 5.17. The van der Waals surface area contributed by atoms with Gasteiger partial charge in [0.1, 0.15) is 11.5 Å². The number of rotatable bonds is 6. The number of halogens is 4. The Morgan fingerprint density at radius 1 is 1.24 bits per heavy atom. The van der Waals surface area contributed by atoms with Crippen molar-refractivity contribution < 1.29 is 14.3 Å². The number of hydrogen-bond acceptors (Lipinski definition) is 4. The van der Waals surface area contributed by atoms with Crippen LogP contribution in [0.2, 0.25) is 5.02 Å². The van der Waals surface area contributed by atoms with Gasteiger partial charge in [0.2, 0.25) is 0 Å². The van der Waals surface area contributed by atoms with Gasteiger partial charge >= 0.3 is 0 Å². The molecule has 2 rings (SSSR count). The van der Waals surface area contributed by atoms with Crippen LogP contribution in [-0.2, 0) is 4.79 Å². The molecule has 0 aliphatic carbocycles. The second-order valence-electron chi connectivity index (χ2n) is 4.67. The molecule has 0 aliphatic rings. The van der Waals surface area contributed by atoms with Crippen molar-refractivity contribution in [1.29, 1.82) is 0 Å². The number of benzene rings is 2. The number of nitrogens with one attached hydrogen (secondary N) is 1. The fourth-order valence-corrected chi connectivity index (χ4v) is 4.05. The molecule has 132 valence electrons. The van der Waals surface area contributed by atoms with Crippen molar-refractivity contribution in [2.75, 3.05) is 13.7 Å². The summed E-state index contributed by atoms with van der Waals surface area (Å²) in [5, 5.41) is 4.49. The zero-order valence-corrected chi connectivity index (χ0v) is 18.4. The topological polar surface area (TPSA) is 59.9 Å². The van der Waals surface area contributed by atoms with E-state index in [0.717, 1.165) is 8.95 Å². The third-order valence-corrected chi connectivity index (χ3v) is 4.79. The molecule has 2 aromatic rings. The molecule has 0 radical (unpaired) electrons. The van der Waals surface area contributed by atoms with Gasteiger partial charge in [-0.15, -0.1) is 0 Å². The van der Waals surface area contributed by atoms with Gasteiger partial charge in [0, 0.05) is 15.1 Å². The van der Waals surface area contributed by atoms with E-state index in [9.17, 15) is 4.79 Å². The van der Waals surface area contributed by atoms with Crippen LogP contribution in [0, 0.1) is 0 Å². The van der Waals surface area contributed by atoms with Crippen LogP contribution in [0.25, 0.3) is 0 Å². The van der Waals surface area contributed by atoms with E-state index < -0.39 is 5.91 Å². The van der Waals surface area contributed by atoms with E-state index in [4.69, 9.17) is 21.1 Å². The lowest BCUT2D eigenvalue weighted by molar-refractivity contribution is -0.123. The first-order chi connectivity index (χ1) is 11.9. The molecule has 0 aliphatic heterocycles. The molecular weight excluding hydrogens is 543 g/mol. The van der Waals surface area contributed by atoms with Gasteiger partial charge in [-0.25, -0.2) is 5.43 Å². The lowest BCUT2D eigenvalue weighted by Crippen LogP contribution is -2.24. The van der Waals surface area contributed by atoms with Crippen molar-refractivity contribution in [2.24, 2.45) is 5.10 Å². The van der Waals surface area contributed by atoms with Gasteiger partial charge in [0.15, 0.2) is 6.61 Å². The molecule has 0 atom stereocenters. The summed E-state index contributed by atoms with van der Waals surface area (Å²) in [4.78, 5) is 11.8. The molecule has 0 fully saturated rings. The van der Waals surface area contributed by atoms with Gasteiger partial charge in [-0.1, -0.05) is 27.5 Å². The second kappa shape index (κ2) is 9.56. The van der Waals surface area contributed by atoms with Crippen molar-refractivity contribution >= 4 is 71.5 Å². The predicted molar refractivity (Wildman–Crippen MR) is 109 cm³/mol. The van der Waals surface area contributed by atoms with Crippen LogP contribution in [0.3, 0.4) is 0 Å². The Kier molecular flexibility index (Phi) is 7.74. The molecular formula is C16H12Br3ClN2O3. The Morgan fingerprint density at radius 3 is 2.68 bits per heavy atom. The highest BCUT2D eigenvalue weighted by Crippen LogP contribution is 2.31. The first kappa shape index (κ1) is 20.2. The number of carbonyl (C=O) groups excluding carboxylic acids is 1. The molecule has 1 N–H and O–H groups in total. The number of hydrogen-bond donors (Lipinski definition) is 1. The summed E-state index contributed by atoms with van der Waals surface area (Å²) >= 11 is 16.0. The molecule has 5 nitrogen and oxygen atoms in total. The van der Waals surface area contributed by atoms with Crippen molar-refractivity contribution in [1.82, 2.24) is 5.43 Å². The summed E-state index contributed by atoms with van der Waals surface area (Å²) in [6, 6.07) is 8.71. The minimum atomic E-state index is -0.397. The average Bonchev–Trinajstić information content (AvgIpc) is 2.53. The van der Waals surface area contributed by atoms with Gasteiger partial charge in [-0.3, -0.25) is 4.79 Å². The van der Waals surface area contributed by atoms with Crippen LogP contribution in [0.15, 0.2) is 48.9 Å². The lowest BCUT2D eigenvalue weighted by atomic mass is 10.2. The van der Waals surface area contributed by atoms with Gasteiger partial charge in [-0.2, -0.15) is 5.10 Å². The lowest BCUT2D eigenvalue weighted by Gasteiger charge is -2.08. The molecule has 0 spiro atoms. The summed E-state index contributed by atoms with van der Waals surface area (Å²) in [6.07, 6.45) is 1.49. The quantitative estimate of drug-likeness (QED) is 0.396. The number of ether oxygens (including phenoxy) is 2. The van der Waals surface area contributed by atoms with Crippen molar-refractivity contribution in [3.8, 4) is 11.5 Å². The van der Waals surface area contributed by atoms with E-state index in [0.29, 0.717) is 26.6 Å². The number of nitrogens with zero attached hydrogens (tertiary/aromatic N) is 1. The zero-order valence-electron chi connectivity index (χ0n) is 12.9. The zero-order chi connectivity index (χ0) is 18.4. The summed E-state index contributed by atoms with van der Waals surface area (Å²) in [6.45, 7) is -0.184. The van der Waals surface area contributed by atoms with Gasteiger partial charge in [0.25, 0.3) is 5.91 Å². The third kappa shape index (κ3) is 5.99. The number of hydrazone groups is 1. The molecule has 2 aromatic carbocycles. The van der Waals surface area contributed by atoms with E-state index in [1.165, 1.54) is 6.21 Å². The molecule has 1 amide bonds. The highest BCUT2D eigenvalue weighted by molar-refractivity contribution is 9.11. The van der Waals surface area contributed by atoms with E-state index in [-0.39, 0.29) is 6.61 Å². The first-order valence-electron chi connectivity index (χ1n) is 6.83. The molecule has 0 unspecified atom stereocenters. The maximum absolute atomic E-state index is 11.8. The molecule has 25 heavy (non-hydrogen) atoms. The summed E-state index contributed by atoms with van der Waals surface area (Å²) in [5.74, 6) is 0.731. The van der Waals surface area contributed by atoms with E-state index >= 15 is 0 Å². The molecule has 0 heterocycles. The van der Waals surface area contributed by atoms with E-state index in [2.05, 4.69) is 58.3 Å². The fraction of sp³-hybridized carbons (Fsp3) is 0.125. The smallest absolute Gasteiger partial charge is 0.277 e. The first-order valence-corrected chi connectivity index (χ1v) is 9.59. The number of carbonyl (C=O) groups is 1. The maximum Gasteiger partial charge on any atom is 0.277 e. The van der Waals surface area contributed by atoms with Gasteiger partial charge in [0.05, 0.1) is 22.3 Å². The molecule has 0 saturated heterocycles. The maximum atomic E-state index is 11.8. The van der Waals surface area contributed by atoms with Crippen LogP contribution < -0.4 is 14.9 Å². The Hall–Kier alpha value is -1.09. The van der Waals surface area contributed by atoms with Crippen LogP contribution in [0.1, 0.15) is 5.56 Å². The number of amides is 1. The van der Waals surface area contributed by atoms with Crippen LogP contribution >= 0.6 is 59.4 Å². The Bertz CT molecular complexity index is 815. The summed E-state index contributed by atoms with van der Waals surface area (Å²) in [7, 11) is 1.56. The highest BCUT2D eigenvalue weighted by atomic mass is 79.9. The Morgan fingerprint density at radius 2 is 2.00 bits per heavy atom. The van der Waals surface area contributed by atoms with Gasteiger partial charge < -0.3 is 9.47 Å². The number of methoxy groups -OCH3 is 1. The van der Waals surface area contributed by atoms with E-state index in [1.807, 2.05) is 12.1 Å². The van der Waals surface area contributed by atoms with Crippen molar-refractivity contribution in [3.05, 3.63) is 54.3 Å². The fourth-order valence-electron chi connectivity index (χ4n) is 1.83. The molecule has 0 bridgehead atoms. The summed E-state index contributed by atoms with van der Waals surface area (Å²) < 4.78 is 13.0. The minimum absolute atomic E-state index is 0.184. The minimum Gasteiger partial charge on any atom is -0.495 e. The van der Waals surface area contributed by atoms with Crippen LogP contribution in [0.4, 0.5) is 0 Å². The third-order valence-electron chi connectivity index (χ3n) is 2.89. The van der Waals surface area contributed by atoms with Gasteiger partial charge in [-0.05, 0) is 62.2 Å². The standard InChI is InChI=1S/C16H12Br3ClN2O3/c1-24-16-9(4-10(17)5-13(16)19)7-21-22-15(23)8-25-14-3-2-11(20)6-12(14)18/h2-7H,8H2,1H3,(H,22,23)/b21-7+. The SMILES string of the molecule is COc1c(Br)cc(Br)cc1/C=N/NC(=O)COc1ccc(Cl)cc1Br. The summed E-state index contributed by atoms with van der Waals surface area (Å²) in [5.41, 5.74) is 3.10. The molecule has 9 heteroatoms. The van der Waals surface area contributed by atoms with Crippen LogP contribution in [0.5, 0.6) is 11.5 Å².